The molecule has 0 aromatic carbocycles. The molecular weight excluding hydrogens is 276 g/mol. The van der Waals surface area contributed by atoms with Crippen LogP contribution in [0.1, 0.15) is 50.3 Å². The molecule has 0 fully saturated rings. The lowest BCUT2D eigenvalue weighted by Gasteiger charge is -2.23. The number of rotatable bonds is 8. The van der Waals surface area contributed by atoms with Crippen molar-refractivity contribution >= 4 is 11.3 Å². The minimum absolute atomic E-state index is 0.433. The highest BCUT2D eigenvalue weighted by atomic mass is 32.1. The zero-order valence-electron chi connectivity index (χ0n) is 14.0. The zero-order chi connectivity index (χ0) is 15.7. The van der Waals surface area contributed by atoms with E-state index in [1.54, 1.807) is 11.3 Å². The second-order valence-corrected chi connectivity index (χ2v) is 7.58. The monoisotopic (exact) mass is 306 g/mol. The maximum atomic E-state index is 5.42. The first-order valence-corrected chi connectivity index (χ1v) is 8.83. The van der Waals surface area contributed by atoms with Crippen molar-refractivity contribution in [2.45, 2.75) is 47.1 Å². The molecule has 0 amide bonds. The molecule has 1 rings (SSSR count). The lowest BCUT2D eigenvalue weighted by molar-refractivity contribution is 0.237. The summed E-state index contributed by atoms with van der Waals surface area (Å²) in [4.78, 5) is 5.12. The summed E-state index contributed by atoms with van der Waals surface area (Å²) in [5.74, 6) is 7.58. The van der Waals surface area contributed by atoms with E-state index in [4.69, 9.17) is 5.73 Å². The van der Waals surface area contributed by atoms with E-state index in [2.05, 4.69) is 56.6 Å². The van der Waals surface area contributed by atoms with Crippen molar-refractivity contribution in [1.29, 1.82) is 0 Å². The van der Waals surface area contributed by atoms with Crippen LogP contribution in [0.2, 0.25) is 0 Å². The van der Waals surface area contributed by atoms with Crippen molar-refractivity contribution in [3.05, 3.63) is 21.9 Å². The van der Waals surface area contributed by atoms with Crippen LogP contribution in [-0.2, 0) is 6.54 Å². The Kier molecular flexibility index (Phi) is 8.68. The molecule has 21 heavy (non-hydrogen) atoms. The van der Waals surface area contributed by atoms with Crippen LogP contribution in [-0.4, -0.2) is 24.5 Å². The molecule has 2 nitrogen and oxygen atoms in total. The van der Waals surface area contributed by atoms with Crippen LogP contribution in [0.3, 0.4) is 0 Å². The van der Waals surface area contributed by atoms with Gasteiger partial charge in [0.25, 0.3) is 0 Å². The van der Waals surface area contributed by atoms with Gasteiger partial charge >= 0.3 is 0 Å². The molecule has 0 aliphatic carbocycles. The lowest BCUT2D eigenvalue weighted by Crippen LogP contribution is -2.27. The van der Waals surface area contributed by atoms with E-state index in [1.807, 2.05) is 0 Å². The van der Waals surface area contributed by atoms with Gasteiger partial charge in [0, 0.05) is 11.4 Å². The van der Waals surface area contributed by atoms with Crippen LogP contribution in [0.15, 0.2) is 12.1 Å². The first-order chi connectivity index (χ1) is 10.0. The van der Waals surface area contributed by atoms with Gasteiger partial charge in [-0.3, -0.25) is 4.90 Å². The summed E-state index contributed by atoms with van der Waals surface area (Å²) in [5.41, 5.74) is 5.42. The van der Waals surface area contributed by atoms with Gasteiger partial charge in [-0.15, -0.1) is 11.3 Å². The Bertz CT molecular complexity index is 439. The highest BCUT2D eigenvalue weighted by molar-refractivity contribution is 7.12. The molecule has 0 spiro atoms. The average molecular weight is 307 g/mol. The third kappa shape index (κ3) is 8.26. The number of nitrogens with two attached hydrogens (primary N) is 1. The molecule has 0 aliphatic rings. The molecule has 0 saturated heterocycles. The average Bonchev–Trinajstić information content (AvgIpc) is 2.86. The van der Waals surface area contributed by atoms with Gasteiger partial charge in [0.05, 0.1) is 11.4 Å². The van der Waals surface area contributed by atoms with Crippen molar-refractivity contribution in [3.63, 3.8) is 0 Å². The maximum absolute atomic E-state index is 5.42. The lowest BCUT2D eigenvalue weighted by atomic mass is 10.1. The first-order valence-electron chi connectivity index (χ1n) is 8.01. The number of hydrogen-bond donors (Lipinski definition) is 1. The van der Waals surface area contributed by atoms with Gasteiger partial charge in [0.2, 0.25) is 0 Å². The SMILES string of the molecule is CC(C)CCN(CCC(C)C)Cc1ccc(C#CCN)s1. The van der Waals surface area contributed by atoms with E-state index in [-0.39, 0.29) is 0 Å². The predicted molar refractivity (Wildman–Crippen MR) is 94.4 cm³/mol. The van der Waals surface area contributed by atoms with Gasteiger partial charge in [0.15, 0.2) is 0 Å². The van der Waals surface area contributed by atoms with E-state index < -0.39 is 0 Å². The van der Waals surface area contributed by atoms with Gasteiger partial charge in [0.1, 0.15) is 0 Å². The summed E-state index contributed by atoms with van der Waals surface area (Å²) in [6.45, 7) is 13.0. The van der Waals surface area contributed by atoms with Crippen LogP contribution in [0.5, 0.6) is 0 Å². The van der Waals surface area contributed by atoms with Gasteiger partial charge in [-0.05, 0) is 49.9 Å². The van der Waals surface area contributed by atoms with Crippen LogP contribution >= 0.6 is 11.3 Å². The summed E-state index contributed by atoms with van der Waals surface area (Å²) in [6.07, 6.45) is 2.53. The van der Waals surface area contributed by atoms with Crippen LogP contribution < -0.4 is 5.73 Å². The van der Waals surface area contributed by atoms with Crippen molar-refractivity contribution in [3.8, 4) is 11.8 Å². The van der Waals surface area contributed by atoms with Crippen molar-refractivity contribution in [1.82, 2.24) is 4.90 Å². The Morgan fingerprint density at radius 1 is 1.10 bits per heavy atom. The summed E-state index contributed by atoms with van der Waals surface area (Å²) in [5, 5.41) is 0. The Hall–Kier alpha value is -0.820. The zero-order valence-corrected chi connectivity index (χ0v) is 14.8. The molecule has 1 heterocycles. The molecule has 1 aromatic heterocycles. The van der Waals surface area contributed by atoms with Crippen molar-refractivity contribution in [2.75, 3.05) is 19.6 Å². The fourth-order valence-electron chi connectivity index (χ4n) is 2.04. The largest absolute Gasteiger partial charge is 0.320 e. The minimum Gasteiger partial charge on any atom is -0.320 e. The molecule has 0 bridgehead atoms. The number of hydrogen-bond acceptors (Lipinski definition) is 3. The highest BCUT2D eigenvalue weighted by Gasteiger charge is 2.09. The summed E-state index contributed by atoms with van der Waals surface area (Å²) in [7, 11) is 0. The molecule has 0 saturated carbocycles. The molecule has 0 aliphatic heterocycles. The fourth-order valence-corrected chi connectivity index (χ4v) is 2.97. The summed E-state index contributed by atoms with van der Waals surface area (Å²) >= 11 is 1.80. The topological polar surface area (TPSA) is 29.3 Å². The third-order valence-electron chi connectivity index (χ3n) is 3.40. The normalized spacial score (nSPS) is 11.2. The highest BCUT2D eigenvalue weighted by Crippen LogP contribution is 2.19. The molecular formula is C18H30N2S. The van der Waals surface area contributed by atoms with Crippen LogP contribution in [0.25, 0.3) is 0 Å². The summed E-state index contributed by atoms with van der Waals surface area (Å²) in [6, 6.07) is 4.33. The minimum atomic E-state index is 0.433. The molecule has 3 heteroatoms. The second-order valence-electron chi connectivity index (χ2n) is 6.41. The quantitative estimate of drug-likeness (QED) is 0.737. The van der Waals surface area contributed by atoms with Gasteiger partial charge in [-0.25, -0.2) is 0 Å². The van der Waals surface area contributed by atoms with Gasteiger partial charge in [-0.1, -0.05) is 39.5 Å². The molecule has 0 radical (unpaired) electrons. The van der Waals surface area contributed by atoms with Crippen LogP contribution in [0.4, 0.5) is 0 Å². The molecule has 2 N–H and O–H groups in total. The first kappa shape index (κ1) is 18.2. The Morgan fingerprint density at radius 2 is 1.71 bits per heavy atom. The Morgan fingerprint density at radius 3 is 2.24 bits per heavy atom. The fraction of sp³-hybridized carbons (Fsp3) is 0.667. The molecule has 0 unspecified atom stereocenters. The smallest absolute Gasteiger partial charge is 0.0772 e. The molecule has 0 atom stereocenters. The van der Waals surface area contributed by atoms with E-state index in [1.165, 1.54) is 30.8 Å². The van der Waals surface area contributed by atoms with Crippen LogP contribution in [0, 0.1) is 23.7 Å². The maximum Gasteiger partial charge on any atom is 0.0772 e. The molecule has 118 valence electrons. The van der Waals surface area contributed by atoms with Gasteiger partial charge in [-0.2, -0.15) is 0 Å². The second kappa shape index (κ2) is 10.00. The number of nitrogens with zero attached hydrogens (tertiary/aromatic N) is 1. The van der Waals surface area contributed by atoms with Crippen molar-refractivity contribution in [2.24, 2.45) is 17.6 Å². The van der Waals surface area contributed by atoms with Crippen molar-refractivity contribution < 1.29 is 0 Å². The standard InChI is InChI=1S/C18H30N2S/c1-15(2)9-12-20(13-10-16(3)4)14-18-8-7-17(21-18)6-5-11-19/h7-8,15-16H,9-14,19H2,1-4H3. The Balaban J connectivity index is 2.59. The van der Waals surface area contributed by atoms with E-state index >= 15 is 0 Å². The van der Waals surface area contributed by atoms with E-state index in [0.717, 1.165) is 23.3 Å². The molecule has 1 aromatic rings. The van der Waals surface area contributed by atoms with Gasteiger partial charge < -0.3 is 5.73 Å². The van der Waals surface area contributed by atoms with E-state index in [9.17, 15) is 0 Å². The number of thiophene rings is 1. The third-order valence-corrected chi connectivity index (χ3v) is 4.39. The predicted octanol–water partition coefficient (Wildman–Crippen LogP) is 3.95. The van der Waals surface area contributed by atoms with E-state index in [0.29, 0.717) is 6.54 Å². The summed E-state index contributed by atoms with van der Waals surface area (Å²) < 4.78 is 0. The Labute approximate surface area is 134 Å².